The van der Waals surface area contributed by atoms with Crippen LogP contribution in [0.2, 0.25) is 0 Å². The molecule has 1 aliphatic rings. The van der Waals surface area contributed by atoms with E-state index in [0.29, 0.717) is 35.6 Å². The maximum absolute atomic E-state index is 13.0. The van der Waals surface area contributed by atoms with Crippen molar-refractivity contribution in [3.63, 3.8) is 0 Å². The van der Waals surface area contributed by atoms with Gasteiger partial charge in [0.15, 0.2) is 0 Å². The van der Waals surface area contributed by atoms with Crippen LogP contribution in [-0.2, 0) is 17.5 Å². The van der Waals surface area contributed by atoms with E-state index in [0.717, 1.165) is 43.6 Å². The molecule has 0 radical (unpaired) electrons. The van der Waals surface area contributed by atoms with Crippen molar-refractivity contribution >= 4 is 28.5 Å². The van der Waals surface area contributed by atoms with Crippen LogP contribution < -0.4 is 15.4 Å². The summed E-state index contributed by atoms with van der Waals surface area (Å²) in [4.78, 5) is 36.0. The summed E-state index contributed by atoms with van der Waals surface area (Å²) in [5, 5.41) is 6.17. The summed E-state index contributed by atoms with van der Waals surface area (Å²) >= 11 is 0. The van der Waals surface area contributed by atoms with Crippen LogP contribution in [0, 0.1) is 0 Å². The summed E-state index contributed by atoms with van der Waals surface area (Å²) in [5.74, 6) is 0.858. The number of rotatable bonds is 8. The Hall–Kier alpha value is -4.45. The van der Waals surface area contributed by atoms with Crippen LogP contribution in [0.15, 0.2) is 67.1 Å². The fourth-order valence-electron chi connectivity index (χ4n) is 4.84. The van der Waals surface area contributed by atoms with E-state index in [9.17, 15) is 22.8 Å². The molecule has 4 aromatic rings. The minimum Gasteiger partial charge on any atom is -0.439 e. The van der Waals surface area contributed by atoms with E-state index in [-0.39, 0.29) is 17.6 Å². The second-order valence-electron chi connectivity index (χ2n) is 9.78. The van der Waals surface area contributed by atoms with Crippen molar-refractivity contribution < 1.29 is 27.5 Å². The number of nitrogens with zero attached hydrogens (tertiary/aromatic N) is 4. The van der Waals surface area contributed by atoms with Gasteiger partial charge in [0.2, 0.25) is 11.8 Å². The number of benzene rings is 2. The van der Waals surface area contributed by atoms with E-state index < -0.39 is 17.8 Å². The van der Waals surface area contributed by atoms with E-state index >= 15 is 0 Å². The van der Waals surface area contributed by atoms with Crippen molar-refractivity contribution in [2.45, 2.75) is 44.9 Å². The van der Waals surface area contributed by atoms with Crippen molar-refractivity contribution in [3.8, 4) is 11.6 Å². The highest BCUT2D eigenvalue weighted by Gasteiger charge is 2.31. The van der Waals surface area contributed by atoms with E-state index in [1.165, 1.54) is 29.2 Å². The van der Waals surface area contributed by atoms with E-state index in [1.54, 1.807) is 30.3 Å². The zero-order chi connectivity index (χ0) is 29.0. The number of carbonyl (C=O) groups is 2. The quantitative estimate of drug-likeness (QED) is 0.279. The average molecular weight is 567 g/mol. The van der Waals surface area contributed by atoms with Crippen molar-refractivity contribution in [1.82, 2.24) is 24.8 Å². The molecule has 3 heterocycles. The van der Waals surface area contributed by atoms with Gasteiger partial charge in [-0.2, -0.15) is 13.2 Å². The van der Waals surface area contributed by atoms with Crippen LogP contribution in [0.1, 0.15) is 37.4 Å². The van der Waals surface area contributed by atoms with Gasteiger partial charge in [-0.05, 0) is 68.3 Å². The highest BCUT2D eigenvalue weighted by molar-refractivity contribution is 5.98. The molecular formula is C29H29F3N6O3. The second-order valence-corrected chi connectivity index (χ2v) is 9.78. The molecule has 1 fully saturated rings. The second kappa shape index (κ2) is 12.0. The lowest BCUT2D eigenvalue weighted by molar-refractivity contribution is -0.137. The lowest BCUT2D eigenvalue weighted by Crippen LogP contribution is -2.43. The molecule has 2 aromatic carbocycles. The van der Waals surface area contributed by atoms with Crippen molar-refractivity contribution in [3.05, 3.63) is 78.4 Å². The van der Waals surface area contributed by atoms with Crippen LogP contribution in [0.5, 0.6) is 11.6 Å². The summed E-state index contributed by atoms with van der Waals surface area (Å²) in [6.07, 6.45) is 1.07. The van der Waals surface area contributed by atoms with Crippen molar-refractivity contribution in [1.29, 1.82) is 0 Å². The number of halogens is 3. The van der Waals surface area contributed by atoms with Gasteiger partial charge in [0.05, 0.1) is 22.8 Å². The van der Waals surface area contributed by atoms with Crippen LogP contribution in [0.3, 0.4) is 0 Å². The Morgan fingerprint density at radius 3 is 2.76 bits per heavy atom. The number of ether oxygens (including phenoxy) is 1. The number of amides is 2. The third kappa shape index (κ3) is 6.65. The van der Waals surface area contributed by atoms with Gasteiger partial charge < -0.3 is 15.4 Å². The van der Waals surface area contributed by atoms with E-state index in [2.05, 4.69) is 25.5 Å². The topological polar surface area (TPSA) is 101 Å². The largest absolute Gasteiger partial charge is 0.439 e. The lowest BCUT2D eigenvalue weighted by Gasteiger charge is -2.23. The van der Waals surface area contributed by atoms with Gasteiger partial charge >= 0.3 is 12.2 Å². The van der Waals surface area contributed by atoms with Gasteiger partial charge in [0.25, 0.3) is 0 Å². The lowest BCUT2D eigenvalue weighted by atomic mass is 10.2. The Bertz CT molecular complexity index is 1550. The van der Waals surface area contributed by atoms with Gasteiger partial charge in [0, 0.05) is 36.4 Å². The average Bonchev–Trinajstić information content (AvgIpc) is 3.58. The first kappa shape index (κ1) is 28.1. The number of nitrogens with one attached hydrogen (secondary N) is 2. The summed E-state index contributed by atoms with van der Waals surface area (Å²) in [6.45, 7) is 3.97. The van der Waals surface area contributed by atoms with Crippen LogP contribution in [-0.4, -0.2) is 50.5 Å². The molecule has 0 aliphatic carbocycles. The third-order valence-electron chi connectivity index (χ3n) is 6.82. The molecule has 0 saturated carbocycles. The molecule has 2 amide bonds. The minimum atomic E-state index is -4.51. The first-order valence-corrected chi connectivity index (χ1v) is 13.3. The molecule has 0 spiro atoms. The molecule has 12 heteroatoms. The molecule has 0 unspecified atom stereocenters. The Morgan fingerprint density at radius 1 is 1.10 bits per heavy atom. The zero-order valence-electron chi connectivity index (χ0n) is 22.3. The van der Waals surface area contributed by atoms with Gasteiger partial charge in [-0.15, -0.1) is 0 Å². The number of anilines is 1. The fourth-order valence-corrected chi connectivity index (χ4v) is 4.84. The molecule has 214 valence electrons. The molecule has 1 saturated heterocycles. The van der Waals surface area contributed by atoms with Crippen molar-refractivity contribution in [2.24, 2.45) is 0 Å². The molecule has 2 aromatic heterocycles. The molecule has 9 nitrogen and oxygen atoms in total. The number of hydrogen-bond acceptors (Lipinski definition) is 6. The first-order chi connectivity index (χ1) is 19.7. The highest BCUT2D eigenvalue weighted by atomic mass is 19.4. The maximum Gasteiger partial charge on any atom is 0.416 e. The van der Waals surface area contributed by atoms with E-state index in [1.807, 2.05) is 6.92 Å². The standard InChI is InChI=1S/C29H29F3N6O3/c1-2-11-33-27(39)25-7-4-12-37(25)17-22-16-26(35-18-34-22)41-23-8-9-24-19(14-23)10-13-38(24)28(40)36-21-6-3-5-20(15-21)29(30,31)32/h3,5-6,8-10,13-16,18,25H,2,4,7,11-12,17H2,1H3,(H,33,39)(H,36,40)/t25-/m0/s1. The van der Waals surface area contributed by atoms with Crippen LogP contribution >= 0.6 is 0 Å². The van der Waals surface area contributed by atoms with Gasteiger partial charge in [-0.3, -0.25) is 14.3 Å². The molecule has 2 N–H and O–H groups in total. The number of aromatic nitrogens is 3. The predicted octanol–water partition coefficient (Wildman–Crippen LogP) is 5.81. The number of carbonyl (C=O) groups excluding carboxylic acids is 2. The number of fused-ring (bicyclic) bond motifs is 1. The predicted molar refractivity (Wildman–Crippen MR) is 147 cm³/mol. The molecule has 41 heavy (non-hydrogen) atoms. The van der Waals surface area contributed by atoms with Gasteiger partial charge in [-0.25, -0.2) is 14.8 Å². The fraction of sp³-hybridized carbons (Fsp3) is 0.310. The first-order valence-electron chi connectivity index (χ1n) is 13.3. The SMILES string of the molecule is CCCNC(=O)[C@@H]1CCCN1Cc1cc(Oc2ccc3c(ccn3C(=O)Nc3cccc(C(F)(F)F)c3)c2)ncn1. The third-order valence-corrected chi connectivity index (χ3v) is 6.82. The monoisotopic (exact) mass is 566 g/mol. The van der Waals surface area contributed by atoms with E-state index in [4.69, 9.17) is 4.74 Å². The molecule has 0 bridgehead atoms. The summed E-state index contributed by atoms with van der Waals surface area (Å²) in [7, 11) is 0. The zero-order valence-corrected chi connectivity index (χ0v) is 22.3. The van der Waals surface area contributed by atoms with Crippen LogP contribution in [0.25, 0.3) is 10.9 Å². The Labute approximate surface area is 234 Å². The number of hydrogen-bond donors (Lipinski definition) is 2. The molecule has 1 atom stereocenters. The summed E-state index contributed by atoms with van der Waals surface area (Å²) in [5.41, 5.74) is 0.461. The highest BCUT2D eigenvalue weighted by Crippen LogP contribution is 2.31. The van der Waals surface area contributed by atoms with Crippen LogP contribution in [0.4, 0.5) is 23.7 Å². The summed E-state index contributed by atoms with van der Waals surface area (Å²) < 4.78 is 46.3. The molecular weight excluding hydrogens is 537 g/mol. The van der Waals surface area contributed by atoms with Crippen molar-refractivity contribution in [2.75, 3.05) is 18.4 Å². The maximum atomic E-state index is 13.0. The smallest absolute Gasteiger partial charge is 0.416 e. The minimum absolute atomic E-state index is 0.0352. The number of likely N-dealkylation sites (tertiary alicyclic amines) is 1. The Morgan fingerprint density at radius 2 is 1.95 bits per heavy atom. The number of alkyl halides is 3. The molecule has 5 rings (SSSR count). The molecule has 1 aliphatic heterocycles. The Balaban J connectivity index is 1.26. The normalized spacial score (nSPS) is 15.7. The Kier molecular flexibility index (Phi) is 8.20. The van der Waals surface area contributed by atoms with Gasteiger partial charge in [0.1, 0.15) is 12.1 Å². The van der Waals surface area contributed by atoms with Gasteiger partial charge in [-0.1, -0.05) is 13.0 Å². The summed E-state index contributed by atoms with van der Waals surface area (Å²) in [6, 6.07) is 12.2.